The van der Waals surface area contributed by atoms with Gasteiger partial charge in [-0.15, -0.1) is 0 Å². The fraction of sp³-hybridized carbons (Fsp3) is 0.400. The largest absolute Gasteiger partial charge is 0.388 e. The third kappa shape index (κ3) is 2.26. The van der Waals surface area contributed by atoms with Crippen LogP contribution in [0.25, 0.3) is 0 Å². The van der Waals surface area contributed by atoms with Gasteiger partial charge in [0.15, 0.2) is 0 Å². The molecule has 0 spiro atoms. The summed E-state index contributed by atoms with van der Waals surface area (Å²) in [7, 11) is 1.95. The first-order valence-electron chi connectivity index (χ1n) is 4.13. The van der Waals surface area contributed by atoms with Crippen LogP contribution in [0.5, 0.6) is 0 Å². The van der Waals surface area contributed by atoms with Crippen molar-refractivity contribution >= 4 is 5.69 Å². The number of benzene rings is 1. The van der Waals surface area contributed by atoms with Gasteiger partial charge in [0, 0.05) is 12.7 Å². The van der Waals surface area contributed by atoms with Gasteiger partial charge in [-0.2, -0.15) is 0 Å². The lowest BCUT2D eigenvalue weighted by Crippen LogP contribution is -1.89. The zero-order valence-corrected chi connectivity index (χ0v) is 7.22. The SMILES string of the molecule is CCCc1cccc(NC)c1. The van der Waals surface area contributed by atoms with Crippen molar-refractivity contribution in [1.29, 1.82) is 0 Å². The first-order chi connectivity index (χ1) is 5.36. The highest BCUT2D eigenvalue weighted by molar-refractivity contribution is 5.44. The van der Waals surface area contributed by atoms with E-state index in [1.165, 1.54) is 24.1 Å². The molecule has 0 unspecified atom stereocenters. The van der Waals surface area contributed by atoms with Crippen LogP contribution in [-0.2, 0) is 6.42 Å². The second-order valence-corrected chi connectivity index (χ2v) is 2.70. The Morgan fingerprint density at radius 3 is 2.82 bits per heavy atom. The van der Waals surface area contributed by atoms with Gasteiger partial charge in [0.1, 0.15) is 0 Å². The maximum Gasteiger partial charge on any atom is 0.0340 e. The zero-order valence-electron chi connectivity index (χ0n) is 7.22. The van der Waals surface area contributed by atoms with E-state index in [4.69, 9.17) is 0 Å². The molecule has 0 atom stereocenters. The molecule has 1 aromatic rings. The topological polar surface area (TPSA) is 12.0 Å². The van der Waals surface area contributed by atoms with Crippen LogP contribution < -0.4 is 5.32 Å². The molecular formula is C10H15N. The number of nitrogens with one attached hydrogen (secondary N) is 1. The van der Waals surface area contributed by atoms with Gasteiger partial charge in [-0.25, -0.2) is 0 Å². The zero-order chi connectivity index (χ0) is 8.10. The first kappa shape index (κ1) is 8.12. The molecule has 1 heteroatoms. The highest BCUT2D eigenvalue weighted by Gasteiger charge is 1.91. The highest BCUT2D eigenvalue weighted by Crippen LogP contribution is 2.10. The first-order valence-corrected chi connectivity index (χ1v) is 4.13. The summed E-state index contributed by atoms with van der Waals surface area (Å²) in [5, 5.41) is 3.13. The molecule has 60 valence electrons. The van der Waals surface area contributed by atoms with Crippen LogP contribution in [0.2, 0.25) is 0 Å². The normalized spacial score (nSPS) is 9.64. The minimum atomic E-state index is 1.18. The summed E-state index contributed by atoms with van der Waals surface area (Å²) in [4.78, 5) is 0. The Hall–Kier alpha value is -0.980. The molecule has 0 aromatic heterocycles. The monoisotopic (exact) mass is 149 g/mol. The van der Waals surface area contributed by atoms with E-state index in [0.29, 0.717) is 0 Å². The molecule has 0 amide bonds. The van der Waals surface area contributed by atoms with Crippen LogP contribution >= 0.6 is 0 Å². The third-order valence-electron chi connectivity index (χ3n) is 1.75. The molecule has 0 heterocycles. The van der Waals surface area contributed by atoms with Gasteiger partial charge < -0.3 is 5.32 Å². The Balaban J connectivity index is 2.74. The molecule has 0 bridgehead atoms. The van der Waals surface area contributed by atoms with Crippen LogP contribution in [0.3, 0.4) is 0 Å². The van der Waals surface area contributed by atoms with E-state index >= 15 is 0 Å². The van der Waals surface area contributed by atoms with E-state index < -0.39 is 0 Å². The van der Waals surface area contributed by atoms with Crippen molar-refractivity contribution in [3.8, 4) is 0 Å². The van der Waals surface area contributed by atoms with Gasteiger partial charge in [0.25, 0.3) is 0 Å². The molecule has 1 nitrogen and oxygen atoms in total. The van der Waals surface area contributed by atoms with Crippen LogP contribution in [0.1, 0.15) is 18.9 Å². The fourth-order valence-electron chi connectivity index (χ4n) is 1.17. The van der Waals surface area contributed by atoms with Crippen molar-refractivity contribution in [1.82, 2.24) is 0 Å². The fourth-order valence-corrected chi connectivity index (χ4v) is 1.17. The molecule has 11 heavy (non-hydrogen) atoms. The van der Waals surface area contributed by atoms with E-state index in [0.717, 1.165) is 0 Å². The van der Waals surface area contributed by atoms with Crippen LogP contribution in [0.15, 0.2) is 24.3 Å². The van der Waals surface area contributed by atoms with Crippen molar-refractivity contribution in [2.45, 2.75) is 19.8 Å². The highest BCUT2D eigenvalue weighted by atomic mass is 14.8. The molecule has 1 rings (SSSR count). The summed E-state index contributed by atoms with van der Waals surface area (Å²) in [6.07, 6.45) is 2.39. The number of hydrogen-bond donors (Lipinski definition) is 1. The molecule has 0 radical (unpaired) electrons. The predicted octanol–water partition coefficient (Wildman–Crippen LogP) is 2.68. The summed E-state index contributed by atoms with van der Waals surface area (Å²) in [6, 6.07) is 8.55. The van der Waals surface area contributed by atoms with Crippen molar-refractivity contribution in [2.75, 3.05) is 12.4 Å². The smallest absolute Gasteiger partial charge is 0.0340 e. The van der Waals surface area contributed by atoms with E-state index in [9.17, 15) is 0 Å². The molecule has 0 saturated heterocycles. The lowest BCUT2D eigenvalue weighted by Gasteiger charge is -2.02. The van der Waals surface area contributed by atoms with Gasteiger partial charge in [0.2, 0.25) is 0 Å². The van der Waals surface area contributed by atoms with E-state index in [1.807, 2.05) is 7.05 Å². The van der Waals surface area contributed by atoms with Crippen LogP contribution in [0.4, 0.5) is 5.69 Å². The Kier molecular flexibility index (Phi) is 2.96. The summed E-state index contributed by atoms with van der Waals surface area (Å²) in [5.41, 5.74) is 2.62. The molecular weight excluding hydrogens is 134 g/mol. The van der Waals surface area contributed by atoms with E-state index in [-0.39, 0.29) is 0 Å². The van der Waals surface area contributed by atoms with Gasteiger partial charge in [0.05, 0.1) is 0 Å². The van der Waals surface area contributed by atoms with Crippen molar-refractivity contribution < 1.29 is 0 Å². The molecule has 0 aliphatic carbocycles. The summed E-state index contributed by atoms with van der Waals surface area (Å²) >= 11 is 0. The molecule has 0 aliphatic rings. The maximum absolute atomic E-state index is 3.13. The maximum atomic E-state index is 3.13. The Morgan fingerprint density at radius 1 is 1.36 bits per heavy atom. The van der Waals surface area contributed by atoms with Crippen molar-refractivity contribution in [2.24, 2.45) is 0 Å². The quantitative estimate of drug-likeness (QED) is 0.696. The minimum Gasteiger partial charge on any atom is -0.388 e. The molecule has 1 N–H and O–H groups in total. The minimum absolute atomic E-state index is 1.18. The van der Waals surface area contributed by atoms with Gasteiger partial charge in [-0.3, -0.25) is 0 Å². The number of hydrogen-bond acceptors (Lipinski definition) is 1. The predicted molar refractivity (Wildman–Crippen MR) is 50.0 cm³/mol. The van der Waals surface area contributed by atoms with Crippen molar-refractivity contribution in [3.05, 3.63) is 29.8 Å². The Bertz CT molecular complexity index is 218. The summed E-state index contributed by atoms with van der Waals surface area (Å²) in [5.74, 6) is 0. The number of anilines is 1. The molecule has 0 fully saturated rings. The summed E-state index contributed by atoms with van der Waals surface area (Å²) in [6.45, 7) is 2.20. The van der Waals surface area contributed by atoms with Gasteiger partial charge in [-0.05, 0) is 24.1 Å². The molecule has 1 aromatic carbocycles. The Morgan fingerprint density at radius 2 is 2.18 bits per heavy atom. The lowest BCUT2D eigenvalue weighted by molar-refractivity contribution is 0.922. The lowest BCUT2D eigenvalue weighted by atomic mass is 10.1. The second-order valence-electron chi connectivity index (χ2n) is 2.70. The standard InChI is InChI=1S/C10H15N/c1-3-5-9-6-4-7-10(8-9)11-2/h4,6-8,11H,3,5H2,1-2H3. The third-order valence-corrected chi connectivity index (χ3v) is 1.75. The van der Waals surface area contributed by atoms with Crippen LogP contribution in [0, 0.1) is 0 Å². The average molecular weight is 149 g/mol. The van der Waals surface area contributed by atoms with Gasteiger partial charge >= 0.3 is 0 Å². The molecule has 0 saturated carbocycles. The van der Waals surface area contributed by atoms with E-state index in [2.05, 4.69) is 36.5 Å². The summed E-state index contributed by atoms with van der Waals surface area (Å²) < 4.78 is 0. The van der Waals surface area contributed by atoms with E-state index in [1.54, 1.807) is 0 Å². The van der Waals surface area contributed by atoms with Crippen LogP contribution in [-0.4, -0.2) is 7.05 Å². The second kappa shape index (κ2) is 4.02. The number of rotatable bonds is 3. The Labute approximate surface area is 68.4 Å². The number of aryl methyl sites for hydroxylation is 1. The molecule has 0 aliphatic heterocycles. The van der Waals surface area contributed by atoms with Gasteiger partial charge in [-0.1, -0.05) is 25.5 Å². The average Bonchev–Trinajstić information content (AvgIpc) is 2.06. The van der Waals surface area contributed by atoms with Crippen molar-refractivity contribution in [3.63, 3.8) is 0 Å².